The van der Waals surface area contributed by atoms with Gasteiger partial charge in [0.1, 0.15) is 0 Å². The van der Waals surface area contributed by atoms with Gasteiger partial charge in [0, 0.05) is 5.33 Å². The van der Waals surface area contributed by atoms with Gasteiger partial charge in [0.15, 0.2) is 4.33 Å². The third-order valence-electron chi connectivity index (χ3n) is 0.823. The predicted octanol–water partition coefficient (Wildman–Crippen LogP) is 4.47. The van der Waals surface area contributed by atoms with Crippen LogP contribution in [0, 0.1) is 0 Å². The predicted molar refractivity (Wildman–Crippen MR) is 56.2 cm³/mol. The molecule has 0 spiro atoms. The minimum atomic E-state index is -1.29. The van der Waals surface area contributed by atoms with Crippen molar-refractivity contribution in [2.24, 2.45) is 0 Å². The number of hydrogen-bond acceptors (Lipinski definition) is 0. The SMILES string of the molecule is ClC(Cl)(Br)C(Cl)(Cl)CCBr. The molecule has 0 bridgehead atoms. The van der Waals surface area contributed by atoms with E-state index in [1.54, 1.807) is 0 Å². The van der Waals surface area contributed by atoms with Crippen molar-refractivity contribution in [3.8, 4) is 0 Å². The van der Waals surface area contributed by atoms with Crippen LogP contribution in [-0.2, 0) is 0 Å². The van der Waals surface area contributed by atoms with Crippen LogP contribution in [-0.4, -0.2) is 12.9 Å². The lowest BCUT2D eigenvalue weighted by molar-refractivity contribution is 0.786. The van der Waals surface area contributed by atoms with Gasteiger partial charge in [-0.3, -0.25) is 0 Å². The molecule has 0 rings (SSSR count). The van der Waals surface area contributed by atoms with Gasteiger partial charge in [-0.2, -0.15) is 0 Å². The van der Waals surface area contributed by atoms with Crippen LogP contribution in [0.25, 0.3) is 0 Å². The van der Waals surface area contributed by atoms with E-state index < -0.39 is 7.58 Å². The summed E-state index contributed by atoms with van der Waals surface area (Å²) >= 11 is 28.8. The lowest BCUT2D eigenvalue weighted by atomic mass is 10.3. The molecule has 6 heteroatoms. The Labute approximate surface area is 96.8 Å². The fraction of sp³-hybridized carbons (Fsp3) is 1.00. The molecule has 0 aliphatic carbocycles. The van der Waals surface area contributed by atoms with E-state index in [1.807, 2.05) is 0 Å². The van der Waals surface area contributed by atoms with Gasteiger partial charge in [0.2, 0.25) is 3.24 Å². The molecule has 0 aromatic heterocycles. The Hall–Kier alpha value is 2.12. The van der Waals surface area contributed by atoms with Gasteiger partial charge in [-0.25, -0.2) is 0 Å². The Morgan fingerprint density at radius 2 is 1.50 bits per heavy atom. The standard InChI is InChI=1S/C4H4Br2Cl4/c5-2-1-3(7,8)4(6,9)10/h1-2H2. The van der Waals surface area contributed by atoms with Gasteiger partial charge >= 0.3 is 0 Å². The summed E-state index contributed by atoms with van der Waals surface area (Å²) in [6, 6.07) is 0. The van der Waals surface area contributed by atoms with Crippen LogP contribution >= 0.6 is 78.3 Å². The zero-order chi connectivity index (χ0) is 8.41. The van der Waals surface area contributed by atoms with Crippen LogP contribution in [0.15, 0.2) is 0 Å². The van der Waals surface area contributed by atoms with E-state index in [0.717, 1.165) is 0 Å². The molecule has 0 N–H and O–H groups in total. The summed E-state index contributed by atoms with van der Waals surface area (Å²) in [5, 5.41) is 0.646. The van der Waals surface area contributed by atoms with E-state index in [2.05, 4.69) is 31.9 Å². The van der Waals surface area contributed by atoms with Crippen LogP contribution in [0.4, 0.5) is 0 Å². The van der Waals surface area contributed by atoms with Gasteiger partial charge in [-0.05, 0) is 22.4 Å². The molecule has 0 aliphatic heterocycles. The van der Waals surface area contributed by atoms with E-state index in [1.165, 1.54) is 0 Å². The quantitative estimate of drug-likeness (QED) is 0.657. The fourth-order valence-corrected chi connectivity index (χ4v) is 1.89. The van der Waals surface area contributed by atoms with E-state index in [-0.39, 0.29) is 0 Å². The van der Waals surface area contributed by atoms with Crippen LogP contribution in [0.2, 0.25) is 0 Å². The highest BCUT2D eigenvalue weighted by Crippen LogP contribution is 2.49. The molecular weight excluding hydrogens is 350 g/mol. The third-order valence-corrected chi connectivity index (χ3v) is 4.33. The molecule has 0 atom stereocenters. The summed E-state index contributed by atoms with van der Waals surface area (Å²) in [6.45, 7) is 0. The topological polar surface area (TPSA) is 0 Å². The summed E-state index contributed by atoms with van der Waals surface area (Å²) in [4.78, 5) is 0. The average Bonchev–Trinajstić information content (AvgIpc) is 1.61. The smallest absolute Gasteiger partial charge is 0.0973 e. The monoisotopic (exact) mass is 350 g/mol. The molecular formula is C4H4Br2Cl4. The van der Waals surface area contributed by atoms with Crippen molar-refractivity contribution in [2.45, 2.75) is 14.0 Å². The van der Waals surface area contributed by atoms with Crippen molar-refractivity contribution < 1.29 is 0 Å². The van der Waals surface area contributed by atoms with E-state index >= 15 is 0 Å². The Morgan fingerprint density at radius 3 is 1.60 bits per heavy atom. The average molecular weight is 354 g/mol. The van der Waals surface area contributed by atoms with Crippen molar-refractivity contribution >= 4 is 78.3 Å². The summed E-state index contributed by atoms with van der Waals surface area (Å²) in [6.07, 6.45) is 0.467. The van der Waals surface area contributed by atoms with Crippen molar-refractivity contribution in [1.29, 1.82) is 0 Å². The van der Waals surface area contributed by atoms with E-state index in [4.69, 9.17) is 46.4 Å². The molecule has 0 aromatic carbocycles. The highest BCUT2D eigenvalue weighted by atomic mass is 79.9. The second kappa shape index (κ2) is 4.38. The summed E-state index contributed by atoms with van der Waals surface area (Å²) in [5.74, 6) is 0. The lowest BCUT2D eigenvalue weighted by Gasteiger charge is -2.26. The second-order valence-electron chi connectivity index (χ2n) is 1.64. The third kappa shape index (κ3) is 3.68. The maximum Gasteiger partial charge on any atom is 0.204 e. The number of hydrogen-bond donors (Lipinski definition) is 0. The summed E-state index contributed by atoms with van der Waals surface area (Å²) in [5.41, 5.74) is 0. The first-order chi connectivity index (χ1) is 4.31. The molecule has 0 aliphatic rings. The Morgan fingerprint density at radius 1 is 1.10 bits per heavy atom. The minimum absolute atomic E-state index is 0.467. The second-order valence-corrected chi connectivity index (χ2v) is 7.35. The Bertz CT molecular complexity index is 108. The van der Waals surface area contributed by atoms with Crippen LogP contribution in [0.5, 0.6) is 0 Å². The van der Waals surface area contributed by atoms with Crippen LogP contribution in [0.1, 0.15) is 6.42 Å². The van der Waals surface area contributed by atoms with Crippen LogP contribution < -0.4 is 0 Å². The molecule has 0 fully saturated rings. The molecule has 0 saturated heterocycles. The minimum Gasteiger partial charge on any atom is -0.0973 e. The number of alkyl halides is 6. The largest absolute Gasteiger partial charge is 0.204 e. The maximum atomic E-state index is 5.74. The van der Waals surface area contributed by atoms with Crippen molar-refractivity contribution in [1.82, 2.24) is 0 Å². The van der Waals surface area contributed by atoms with Gasteiger partial charge in [-0.15, -0.1) is 0 Å². The van der Waals surface area contributed by atoms with Crippen molar-refractivity contribution in [2.75, 3.05) is 5.33 Å². The van der Waals surface area contributed by atoms with E-state index in [9.17, 15) is 0 Å². The molecule has 0 heterocycles. The fourth-order valence-electron chi connectivity index (χ4n) is 0.260. The first-order valence-electron chi connectivity index (χ1n) is 2.32. The molecule has 0 unspecified atom stereocenters. The number of rotatable bonds is 3. The van der Waals surface area contributed by atoms with Crippen LogP contribution in [0.3, 0.4) is 0 Å². The molecule has 0 radical (unpaired) electrons. The van der Waals surface area contributed by atoms with Gasteiger partial charge in [-0.1, -0.05) is 62.3 Å². The summed E-state index contributed by atoms with van der Waals surface area (Å²) in [7, 11) is 0. The molecule has 10 heavy (non-hydrogen) atoms. The Balaban J connectivity index is 4.10. The van der Waals surface area contributed by atoms with Gasteiger partial charge in [0.05, 0.1) is 0 Å². The van der Waals surface area contributed by atoms with Gasteiger partial charge in [0.25, 0.3) is 0 Å². The maximum absolute atomic E-state index is 5.74. The van der Waals surface area contributed by atoms with Crippen molar-refractivity contribution in [3.63, 3.8) is 0 Å². The molecule has 0 saturated carbocycles. The first kappa shape index (κ1) is 12.1. The molecule has 0 nitrogen and oxygen atoms in total. The Kier molecular flexibility index (Phi) is 5.31. The zero-order valence-corrected chi connectivity index (χ0v) is 10.9. The van der Waals surface area contributed by atoms with E-state index in [0.29, 0.717) is 11.8 Å². The lowest BCUT2D eigenvalue weighted by Crippen LogP contribution is -2.30. The van der Waals surface area contributed by atoms with Crippen molar-refractivity contribution in [3.05, 3.63) is 0 Å². The zero-order valence-electron chi connectivity index (χ0n) is 4.68. The molecule has 62 valence electrons. The summed E-state index contributed by atoms with van der Waals surface area (Å²) < 4.78 is -2.46. The normalized spacial score (nSPS) is 13.8. The first-order valence-corrected chi connectivity index (χ1v) is 5.74. The molecule has 0 aromatic rings. The number of halogens is 6. The van der Waals surface area contributed by atoms with Gasteiger partial charge < -0.3 is 0 Å². The molecule has 0 amide bonds. The highest BCUT2D eigenvalue weighted by Gasteiger charge is 2.44. The highest BCUT2D eigenvalue weighted by molar-refractivity contribution is 9.11.